The highest BCUT2D eigenvalue weighted by Gasteiger charge is 1.98. The van der Waals surface area contributed by atoms with Crippen LogP contribution in [-0.2, 0) is 17.6 Å². The Balaban J connectivity index is 0.000000231. The van der Waals surface area contributed by atoms with Gasteiger partial charge in [0.15, 0.2) is 0 Å². The molecule has 0 bridgehead atoms. The molecule has 0 N–H and O–H groups in total. The molecule has 23 heavy (non-hydrogen) atoms. The molecule has 0 unspecified atom stereocenters. The van der Waals surface area contributed by atoms with Crippen molar-refractivity contribution in [1.82, 2.24) is 0 Å². The molecule has 0 spiro atoms. The minimum absolute atomic E-state index is 0.346. The second kappa shape index (κ2) is 12.6. The van der Waals surface area contributed by atoms with Crippen LogP contribution in [-0.4, -0.2) is 5.78 Å². The van der Waals surface area contributed by atoms with E-state index < -0.39 is 0 Å². The zero-order valence-electron chi connectivity index (χ0n) is 14.6. The molecule has 2 aromatic carbocycles. The molecule has 0 fully saturated rings. The summed E-state index contributed by atoms with van der Waals surface area (Å²) in [5, 5.41) is 0. The van der Waals surface area contributed by atoms with Gasteiger partial charge in [0.1, 0.15) is 5.78 Å². The summed E-state index contributed by atoms with van der Waals surface area (Å²) < 4.78 is 0. The Morgan fingerprint density at radius 2 is 1.26 bits per heavy atom. The molecular weight excluding hydrogens is 280 g/mol. The summed E-state index contributed by atoms with van der Waals surface area (Å²) in [4.78, 5) is 11.0. The van der Waals surface area contributed by atoms with Crippen molar-refractivity contribution in [3.05, 3.63) is 71.8 Å². The van der Waals surface area contributed by atoms with Gasteiger partial charge in [-0.3, -0.25) is 4.79 Å². The Bertz CT molecular complexity index is 516. The van der Waals surface area contributed by atoms with E-state index in [-0.39, 0.29) is 0 Å². The van der Waals surface area contributed by atoms with Gasteiger partial charge in [-0.15, -0.1) is 0 Å². The summed E-state index contributed by atoms with van der Waals surface area (Å²) in [5.41, 5.74) is 2.72. The molecule has 0 amide bonds. The maximum atomic E-state index is 11.0. The Labute approximate surface area is 141 Å². The van der Waals surface area contributed by atoms with Crippen molar-refractivity contribution in [2.45, 2.75) is 58.8 Å². The minimum Gasteiger partial charge on any atom is -0.300 e. The molecule has 0 aliphatic heterocycles. The lowest BCUT2D eigenvalue weighted by Gasteiger charge is -1.98. The quantitative estimate of drug-likeness (QED) is 0.545. The lowest BCUT2D eigenvalue weighted by molar-refractivity contribution is -0.118. The van der Waals surface area contributed by atoms with E-state index in [1.807, 2.05) is 25.1 Å². The van der Waals surface area contributed by atoms with E-state index in [2.05, 4.69) is 49.4 Å². The normalized spacial score (nSPS) is 9.83. The zero-order valence-corrected chi connectivity index (χ0v) is 14.6. The SMILES string of the molecule is CCC(=O)CCc1ccccc1.CCCCCc1ccccc1. The first-order valence-electron chi connectivity index (χ1n) is 8.85. The lowest BCUT2D eigenvalue weighted by Crippen LogP contribution is -1.97. The summed E-state index contributed by atoms with van der Waals surface area (Å²) in [6.07, 6.45) is 7.47. The number of hydrogen-bond acceptors (Lipinski definition) is 1. The fourth-order valence-electron chi connectivity index (χ4n) is 2.33. The van der Waals surface area contributed by atoms with Crippen molar-refractivity contribution >= 4 is 5.78 Å². The molecule has 0 saturated carbocycles. The summed E-state index contributed by atoms with van der Waals surface area (Å²) >= 11 is 0. The van der Waals surface area contributed by atoms with E-state index in [4.69, 9.17) is 0 Å². The van der Waals surface area contributed by atoms with Crippen molar-refractivity contribution in [3.63, 3.8) is 0 Å². The van der Waals surface area contributed by atoms with Crippen LogP contribution in [0.15, 0.2) is 60.7 Å². The van der Waals surface area contributed by atoms with Gasteiger partial charge >= 0.3 is 0 Å². The largest absolute Gasteiger partial charge is 0.300 e. The second-order valence-electron chi connectivity index (χ2n) is 5.82. The third-order valence-electron chi connectivity index (χ3n) is 3.84. The molecule has 0 atom stereocenters. The number of rotatable bonds is 8. The van der Waals surface area contributed by atoms with Crippen LogP contribution in [0.25, 0.3) is 0 Å². The second-order valence-corrected chi connectivity index (χ2v) is 5.82. The molecule has 0 aliphatic carbocycles. The number of hydrogen-bond donors (Lipinski definition) is 0. The maximum Gasteiger partial charge on any atom is 0.132 e. The molecule has 2 rings (SSSR count). The van der Waals surface area contributed by atoms with E-state index in [9.17, 15) is 4.79 Å². The zero-order chi connectivity index (χ0) is 16.8. The van der Waals surface area contributed by atoms with Crippen LogP contribution in [0.1, 0.15) is 57.1 Å². The molecule has 1 nitrogen and oxygen atoms in total. The average Bonchev–Trinajstić information content (AvgIpc) is 2.62. The van der Waals surface area contributed by atoms with Crippen LogP contribution in [0.4, 0.5) is 0 Å². The number of carbonyl (C=O) groups excluding carboxylic acids is 1. The molecule has 0 aromatic heterocycles. The lowest BCUT2D eigenvalue weighted by atomic mass is 10.1. The van der Waals surface area contributed by atoms with Gasteiger partial charge in [-0.2, -0.15) is 0 Å². The highest BCUT2D eigenvalue weighted by atomic mass is 16.1. The number of aryl methyl sites for hydroxylation is 2. The van der Waals surface area contributed by atoms with E-state index in [1.165, 1.54) is 36.8 Å². The van der Waals surface area contributed by atoms with E-state index in [0.717, 1.165) is 6.42 Å². The number of Topliss-reactive ketones (excluding diaryl/α,β-unsaturated/α-hetero) is 1. The monoisotopic (exact) mass is 310 g/mol. The van der Waals surface area contributed by atoms with Gasteiger partial charge in [0.25, 0.3) is 0 Å². The predicted octanol–water partition coefficient (Wildman–Crippen LogP) is 6.02. The number of carbonyl (C=O) groups is 1. The Morgan fingerprint density at radius 1 is 0.739 bits per heavy atom. The summed E-state index contributed by atoms with van der Waals surface area (Å²) in [6, 6.07) is 20.8. The van der Waals surface area contributed by atoms with Crippen LogP contribution in [0.3, 0.4) is 0 Å². The van der Waals surface area contributed by atoms with Gasteiger partial charge in [0, 0.05) is 12.8 Å². The highest BCUT2D eigenvalue weighted by Crippen LogP contribution is 2.05. The average molecular weight is 310 g/mol. The minimum atomic E-state index is 0.346. The van der Waals surface area contributed by atoms with E-state index >= 15 is 0 Å². The summed E-state index contributed by atoms with van der Waals surface area (Å²) in [7, 11) is 0. The summed E-state index contributed by atoms with van der Waals surface area (Å²) in [6.45, 7) is 4.15. The first-order valence-corrected chi connectivity index (χ1v) is 8.85. The van der Waals surface area contributed by atoms with Crippen LogP contribution in [0.2, 0.25) is 0 Å². The van der Waals surface area contributed by atoms with Gasteiger partial charge in [0.2, 0.25) is 0 Å². The molecule has 0 radical (unpaired) electrons. The number of benzene rings is 2. The molecule has 1 heteroatoms. The van der Waals surface area contributed by atoms with Gasteiger partial charge in [-0.1, -0.05) is 87.4 Å². The van der Waals surface area contributed by atoms with Gasteiger partial charge in [0.05, 0.1) is 0 Å². The Morgan fingerprint density at radius 3 is 1.74 bits per heavy atom. The van der Waals surface area contributed by atoms with Gasteiger partial charge in [-0.25, -0.2) is 0 Å². The Hall–Kier alpha value is -1.89. The molecule has 124 valence electrons. The van der Waals surface area contributed by atoms with Crippen molar-refractivity contribution in [2.75, 3.05) is 0 Å². The summed E-state index contributed by atoms with van der Waals surface area (Å²) in [5.74, 6) is 0.346. The molecule has 0 saturated heterocycles. The van der Waals surface area contributed by atoms with Crippen molar-refractivity contribution in [1.29, 1.82) is 0 Å². The fraction of sp³-hybridized carbons (Fsp3) is 0.409. The van der Waals surface area contributed by atoms with Crippen LogP contribution in [0.5, 0.6) is 0 Å². The first-order chi connectivity index (χ1) is 11.3. The van der Waals surface area contributed by atoms with Crippen molar-refractivity contribution in [2.24, 2.45) is 0 Å². The van der Waals surface area contributed by atoms with Crippen LogP contribution < -0.4 is 0 Å². The molecule has 0 heterocycles. The van der Waals surface area contributed by atoms with E-state index in [1.54, 1.807) is 0 Å². The van der Waals surface area contributed by atoms with Gasteiger partial charge < -0.3 is 0 Å². The Kier molecular flexibility index (Phi) is 10.5. The number of unbranched alkanes of at least 4 members (excludes halogenated alkanes) is 2. The third-order valence-corrected chi connectivity index (χ3v) is 3.84. The third kappa shape index (κ3) is 9.67. The molecule has 2 aromatic rings. The molecular formula is C22H30O. The van der Waals surface area contributed by atoms with Crippen LogP contribution >= 0.6 is 0 Å². The van der Waals surface area contributed by atoms with Gasteiger partial charge in [-0.05, 0) is 30.4 Å². The molecule has 0 aliphatic rings. The highest BCUT2D eigenvalue weighted by molar-refractivity contribution is 5.78. The van der Waals surface area contributed by atoms with Crippen molar-refractivity contribution in [3.8, 4) is 0 Å². The predicted molar refractivity (Wildman–Crippen MR) is 99.7 cm³/mol. The first kappa shape index (κ1) is 19.2. The number of ketones is 1. The van der Waals surface area contributed by atoms with E-state index in [0.29, 0.717) is 18.6 Å². The van der Waals surface area contributed by atoms with Crippen LogP contribution in [0, 0.1) is 0 Å². The fourth-order valence-corrected chi connectivity index (χ4v) is 2.33. The standard InChI is InChI=1S/C11H14O.C11H16/c1-2-11(12)9-8-10-6-4-3-5-7-10;1-2-3-5-8-11-9-6-4-7-10-11/h3-7H,2,8-9H2,1H3;4,6-7,9-10H,2-3,5,8H2,1H3. The smallest absolute Gasteiger partial charge is 0.132 e. The maximum absolute atomic E-state index is 11.0. The topological polar surface area (TPSA) is 17.1 Å². The van der Waals surface area contributed by atoms with Crippen molar-refractivity contribution < 1.29 is 4.79 Å².